The molecule has 1 aromatic carbocycles. The Kier molecular flexibility index (Phi) is 5.47. The van der Waals surface area contributed by atoms with Gasteiger partial charge in [0.25, 0.3) is 5.91 Å². The van der Waals surface area contributed by atoms with E-state index in [2.05, 4.69) is 0 Å². The van der Waals surface area contributed by atoms with Gasteiger partial charge >= 0.3 is 0 Å². The molecule has 1 rings (SSSR count). The summed E-state index contributed by atoms with van der Waals surface area (Å²) >= 11 is 5.84. The van der Waals surface area contributed by atoms with Crippen LogP contribution >= 0.6 is 11.6 Å². The topological polar surface area (TPSA) is 53.3 Å². The molecule has 0 N–H and O–H groups in total. The molecule has 0 saturated heterocycles. The molecule has 0 aromatic heterocycles. The smallest absolute Gasteiger partial charge is 0.258 e. The van der Waals surface area contributed by atoms with E-state index < -0.39 is 0 Å². The predicted octanol–water partition coefficient (Wildman–Crippen LogP) is 2.72. The van der Waals surface area contributed by atoms with Crippen LogP contribution in [-0.2, 0) is 0 Å². The monoisotopic (exact) mass is 266 g/mol. The number of amides is 1. The Morgan fingerprint density at radius 1 is 1.56 bits per heavy atom. The van der Waals surface area contributed by atoms with Crippen LogP contribution in [0, 0.1) is 11.3 Å². The molecule has 0 aliphatic heterocycles. The summed E-state index contributed by atoms with van der Waals surface area (Å²) in [5.74, 6) is 0.207. The van der Waals surface area contributed by atoms with Crippen molar-refractivity contribution >= 4 is 17.5 Å². The molecular formula is C13H15ClN2O2. The summed E-state index contributed by atoms with van der Waals surface area (Å²) in [6, 6.07) is 6.83. The van der Waals surface area contributed by atoms with Crippen LogP contribution in [0.5, 0.6) is 5.75 Å². The molecule has 18 heavy (non-hydrogen) atoms. The maximum Gasteiger partial charge on any atom is 0.258 e. The van der Waals surface area contributed by atoms with Crippen molar-refractivity contribution in [2.45, 2.75) is 13.3 Å². The fourth-order valence-electron chi connectivity index (χ4n) is 1.62. The van der Waals surface area contributed by atoms with Crippen LogP contribution in [0.15, 0.2) is 18.2 Å². The highest BCUT2D eigenvalue weighted by atomic mass is 35.5. The quantitative estimate of drug-likeness (QED) is 0.770. The number of hydrogen-bond acceptors (Lipinski definition) is 3. The fraction of sp³-hybridized carbons (Fsp3) is 0.385. The van der Waals surface area contributed by atoms with E-state index in [4.69, 9.17) is 21.6 Å². The van der Waals surface area contributed by atoms with Gasteiger partial charge in [0.05, 0.1) is 18.7 Å². The number of methoxy groups -OCH3 is 1. The van der Waals surface area contributed by atoms with E-state index in [0.717, 1.165) is 6.42 Å². The van der Waals surface area contributed by atoms with Crippen LogP contribution in [0.3, 0.4) is 0 Å². The van der Waals surface area contributed by atoms with Gasteiger partial charge in [-0.3, -0.25) is 4.79 Å². The first-order valence-corrected chi connectivity index (χ1v) is 6.01. The Labute approximate surface area is 112 Å². The van der Waals surface area contributed by atoms with Crippen LogP contribution in [0.25, 0.3) is 0 Å². The molecule has 0 bridgehead atoms. The zero-order chi connectivity index (χ0) is 13.5. The summed E-state index contributed by atoms with van der Waals surface area (Å²) in [7, 11) is 1.48. The van der Waals surface area contributed by atoms with Crippen molar-refractivity contribution in [2.24, 2.45) is 0 Å². The number of ether oxygens (including phenoxy) is 1. The van der Waals surface area contributed by atoms with E-state index in [1.54, 1.807) is 18.2 Å². The van der Waals surface area contributed by atoms with Gasteiger partial charge in [0.1, 0.15) is 12.3 Å². The highest BCUT2D eigenvalue weighted by molar-refractivity contribution is 6.30. The Balaban J connectivity index is 3.04. The lowest BCUT2D eigenvalue weighted by Gasteiger charge is -2.20. The van der Waals surface area contributed by atoms with E-state index >= 15 is 0 Å². The molecule has 0 radical (unpaired) electrons. The second-order valence-electron chi connectivity index (χ2n) is 3.73. The molecule has 0 heterocycles. The number of halogens is 1. The zero-order valence-electron chi connectivity index (χ0n) is 10.4. The van der Waals surface area contributed by atoms with E-state index in [1.165, 1.54) is 12.0 Å². The molecule has 0 fully saturated rings. The lowest BCUT2D eigenvalue weighted by molar-refractivity contribution is 0.0773. The SMILES string of the molecule is CCCN(CC#N)C(=O)c1ccc(Cl)cc1OC. The second kappa shape index (κ2) is 6.87. The minimum Gasteiger partial charge on any atom is -0.496 e. The highest BCUT2D eigenvalue weighted by Crippen LogP contribution is 2.24. The van der Waals surface area contributed by atoms with E-state index in [0.29, 0.717) is 22.9 Å². The van der Waals surface area contributed by atoms with Gasteiger partial charge in [-0.05, 0) is 24.6 Å². The number of carbonyl (C=O) groups is 1. The standard InChI is InChI=1S/C13H15ClN2O2/c1-3-7-16(8-6-15)13(17)11-5-4-10(14)9-12(11)18-2/h4-5,9H,3,7-8H2,1-2H3. The lowest BCUT2D eigenvalue weighted by atomic mass is 10.1. The average molecular weight is 267 g/mol. The van der Waals surface area contributed by atoms with Crippen molar-refractivity contribution in [1.29, 1.82) is 5.26 Å². The second-order valence-corrected chi connectivity index (χ2v) is 4.17. The Morgan fingerprint density at radius 3 is 2.83 bits per heavy atom. The Hall–Kier alpha value is -1.73. The maximum absolute atomic E-state index is 12.3. The van der Waals surface area contributed by atoms with Crippen molar-refractivity contribution in [1.82, 2.24) is 4.90 Å². The number of rotatable bonds is 5. The van der Waals surface area contributed by atoms with Crippen molar-refractivity contribution in [2.75, 3.05) is 20.2 Å². The van der Waals surface area contributed by atoms with Crippen molar-refractivity contribution in [3.05, 3.63) is 28.8 Å². The van der Waals surface area contributed by atoms with Crippen molar-refractivity contribution < 1.29 is 9.53 Å². The number of hydrogen-bond donors (Lipinski definition) is 0. The van der Waals surface area contributed by atoms with Gasteiger partial charge < -0.3 is 9.64 Å². The molecule has 0 atom stereocenters. The summed E-state index contributed by atoms with van der Waals surface area (Å²) in [5.41, 5.74) is 0.422. The molecule has 0 aliphatic rings. The first-order chi connectivity index (χ1) is 8.63. The first kappa shape index (κ1) is 14.3. The molecule has 0 aliphatic carbocycles. The maximum atomic E-state index is 12.3. The summed E-state index contributed by atoms with van der Waals surface area (Å²) in [4.78, 5) is 13.8. The van der Waals surface area contributed by atoms with E-state index in [1.807, 2.05) is 13.0 Å². The minimum atomic E-state index is -0.216. The van der Waals surface area contributed by atoms with Crippen LogP contribution in [0.1, 0.15) is 23.7 Å². The van der Waals surface area contributed by atoms with Gasteiger partial charge in [-0.15, -0.1) is 0 Å². The van der Waals surface area contributed by atoms with Gasteiger partial charge in [-0.1, -0.05) is 18.5 Å². The normalized spacial score (nSPS) is 9.67. The van der Waals surface area contributed by atoms with Gasteiger partial charge in [-0.2, -0.15) is 5.26 Å². The zero-order valence-corrected chi connectivity index (χ0v) is 11.2. The fourth-order valence-corrected chi connectivity index (χ4v) is 1.78. The molecular weight excluding hydrogens is 252 g/mol. The lowest BCUT2D eigenvalue weighted by Crippen LogP contribution is -2.32. The van der Waals surface area contributed by atoms with Crippen LogP contribution in [0.4, 0.5) is 0 Å². The molecule has 5 heteroatoms. The summed E-state index contributed by atoms with van der Waals surface area (Å²) in [5, 5.41) is 9.24. The third-order valence-corrected chi connectivity index (χ3v) is 2.67. The average Bonchev–Trinajstić information content (AvgIpc) is 2.37. The number of carbonyl (C=O) groups excluding carboxylic acids is 1. The van der Waals surface area contributed by atoms with Crippen molar-refractivity contribution in [3.8, 4) is 11.8 Å². The molecule has 0 spiro atoms. The van der Waals surface area contributed by atoms with E-state index in [9.17, 15) is 4.79 Å². The number of benzene rings is 1. The van der Waals surface area contributed by atoms with Gasteiger partial charge in [-0.25, -0.2) is 0 Å². The first-order valence-electron chi connectivity index (χ1n) is 5.63. The third kappa shape index (κ3) is 3.38. The Morgan fingerprint density at radius 2 is 2.28 bits per heavy atom. The molecule has 4 nitrogen and oxygen atoms in total. The summed E-state index contributed by atoms with van der Waals surface area (Å²) in [6.07, 6.45) is 0.795. The third-order valence-electron chi connectivity index (χ3n) is 2.44. The highest BCUT2D eigenvalue weighted by Gasteiger charge is 2.18. The molecule has 1 amide bonds. The molecule has 0 saturated carbocycles. The molecule has 1 aromatic rings. The minimum absolute atomic E-state index is 0.0679. The van der Waals surface area contributed by atoms with E-state index in [-0.39, 0.29) is 12.5 Å². The van der Waals surface area contributed by atoms with Crippen LogP contribution in [-0.4, -0.2) is 31.0 Å². The van der Waals surface area contributed by atoms with Gasteiger partial charge in [0.2, 0.25) is 0 Å². The van der Waals surface area contributed by atoms with Crippen LogP contribution in [0.2, 0.25) is 5.02 Å². The van der Waals surface area contributed by atoms with Crippen molar-refractivity contribution in [3.63, 3.8) is 0 Å². The van der Waals surface area contributed by atoms with Gasteiger partial charge in [0.15, 0.2) is 0 Å². The molecule has 0 unspecified atom stereocenters. The van der Waals surface area contributed by atoms with Gasteiger partial charge in [0, 0.05) is 11.6 Å². The summed E-state index contributed by atoms with van der Waals surface area (Å²) < 4.78 is 5.14. The van der Waals surface area contributed by atoms with Crippen LogP contribution < -0.4 is 4.74 Å². The summed E-state index contributed by atoms with van der Waals surface area (Å²) in [6.45, 7) is 2.56. The Bertz CT molecular complexity index is 469. The number of nitrogens with zero attached hydrogens (tertiary/aromatic N) is 2. The predicted molar refractivity (Wildman–Crippen MR) is 69.8 cm³/mol. The number of nitriles is 1. The largest absolute Gasteiger partial charge is 0.496 e. The molecule has 96 valence electrons.